The number of unbranched alkanes of at least 4 members (excludes halogenated alkanes) is 2. The van der Waals surface area contributed by atoms with Gasteiger partial charge in [0, 0.05) is 6.42 Å². The van der Waals surface area contributed by atoms with Crippen LogP contribution in [0.5, 0.6) is 0 Å². The number of phosphoric ester groups is 1. The van der Waals surface area contributed by atoms with Crippen LogP contribution in [0.3, 0.4) is 0 Å². The molecule has 1 aromatic carbocycles. The molecule has 1 fully saturated rings. The van der Waals surface area contributed by atoms with Gasteiger partial charge in [-0.1, -0.05) is 44.0 Å². The molecule has 3 rings (SSSR count). The lowest BCUT2D eigenvalue weighted by molar-refractivity contribution is -0.0467. The highest BCUT2D eigenvalue weighted by atomic mass is 31.2. The van der Waals surface area contributed by atoms with E-state index in [-0.39, 0.29) is 13.0 Å². The summed E-state index contributed by atoms with van der Waals surface area (Å²) < 4.78 is 41.9. The monoisotopic (exact) mass is 514 g/mol. The van der Waals surface area contributed by atoms with Gasteiger partial charge in [-0.25, -0.2) is 9.36 Å². The fraction of sp³-hybridized carbons (Fsp3) is 0.565. The summed E-state index contributed by atoms with van der Waals surface area (Å²) in [5.74, 6) is -1.18. The van der Waals surface area contributed by atoms with Crippen LogP contribution in [0, 0.1) is 5.82 Å². The molecule has 0 saturated carbocycles. The number of rotatable bonds is 13. The van der Waals surface area contributed by atoms with Crippen LogP contribution in [0.15, 0.2) is 40.1 Å². The van der Waals surface area contributed by atoms with Crippen molar-refractivity contribution in [3.63, 3.8) is 0 Å². The number of aryl methyl sites for hydroxylation is 2. The smallest absolute Gasteiger partial charge is 0.390 e. The highest BCUT2D eigenvalue weighted by Gasteiger charge is 2.37. The number of aliphatic hydroxyl groups excluding tert-OH is 1. The maximum absolute atomic E-state index is 13.5. The maximum Gasteiger partial charge on any atom is 0.472 e. The van der Waals surface area contributed by atoms with Crippen molar-refractivity contribution in [1.82, 2.24) is 9.55 Å². The predicted molar refractivity (Wildman–Crippen MR) is 126 cm³/mol. The molecule has 0 amide bonds. The molecule has 3 N–H and O–H groups in total. The zero-order valence-corrected chi connectivity index (χ0v) is 20.5. The third-order valence-corrected chi connectivity index (χ3v) is 6.78. The molecule has 1 aliphatic heterocycles. The van der Waals surface area contributed by atoms with Crippen molar-refractivity contribution < 1.29 is 32.7 Å². The molecule has 2 aromatic rings. The Kier molecular flexibility index (Phi) is 9.97. The molecule has 4 atom stereocenters. The van der Waals surface area contributed by atoms with Crippen molar-refractivity contribution in [1.29, 1.82) is 0 Å². The Morgan fingerprint density at radius 1 is 1.14 bits per heavy atom. The highest BCUT2D eigenvalue weighted by Crippen LogP contribution is 2.44. The first-order chi connectivity index (χ1) is 16.7. The van der Waals surface area contributed by atoms with Crippen LogP contribution >= 0.6 is 7.82 Å². The number of halogens is 1. The van der Waals surface area contributed by atoms with Gasteiger partial charge in [-0.05, 0) is 36.8 Å². The quantitative estimate of drug-likeness (QED) is 0.274. The van der Waals surface area contributed by atoms with Crippen LogP contribution in [0.2, 0.25) is 0 Å². The summed E-state index contributed by atoms with van der Waals surface area (Å²) in [6.07, 6.45) is 3.11. The van der Waals surface area contributed by atoms with E-state index >= 15 is 0 Å². The molecule has 0 radical (unpaired) electrons. The average molecular weight is 514 g/mol. The minimum Gasteiger partial charge on any atom is -0.390 e. The second-order valence-corrected chi connectivity index (χ2v) is 10.0. The van der Waals surface area contributed by atoms with Crippen molar-refractivity contribution in [2.75, 3.05) is 13.2 Å². The van der Waals surface area contributed by atoms with E-state index in [4.69, 9.17) is 13.8 Å². The van der Waals surface area contributed by atoms with Crippen molar-refractivity contribution >= 4 is 7.82 Å². The Labute approximate surface area is 202 Å². The van der Waals surface area contributed by atoms with E-state index in [2.05, 4.69) is 19.1 Å². The Bertz CT molecular complexity index is 1120. The molecular weight excluding hydrogens is 482 g/mol. The number of hydrogen-bond acceptors (Lipinski definition) is 7. The van der Waals surface area contributed by atoms with Gasteiger partial charge in [-0.15, -0.1) is 0 Å². The third-order valence-electron chi connectivity index (χ3n) is 5.80. The average Bonchev–Trinajstić information content (AvgIpc) is 3.19. The lowest BCUT2D eigenvalue weighted by Crippen LogP contribution is -2.34. The van der Waals surface area contributed by atoms with Crippen LogP contribution in [0.4, 0.5) is 4.39 Å². The van der Waals surface area contributed by atoms with E-state index in [1.54, 1.807) is 4.98 Å². The van der Waals surface area contributed by atoms with Crippen LogP contribution < -0.4 is 11.2 Å². The number of phosphoric acid groups is 1. The summed E-state index contributed by atoms with van der Waals surface area (Å²) in [5, 5.41) is 10.2. The molecule has 2 heterocycles. The van der Waals surface area contributed by atoms with E-state index in [9.17, 15) is 28.5 Å². The normalized spacial score (nSPS) is 21.8. The van der Waals surface area contributed by atoms with Crippen LogP contribution in [-0.2, 0) is 31.2 Å². The largest absolute Gasteiger partial charge is 0.472 e. The minimum atomic E-state index is -4.40. The van der Waals surface area contributed by atoms with E-state index in [0.29, 0.717) is 19.0 Å². The topological polar surface area (TPSA) is 140 Å². The van der Waals surface area contributed by atoms with Gasteiger partial charge in [0.25, 0.3) is 5.56 Å². The maximum atomic E-state index is 13.5. The molecule has 35 heavy (non-hydrogen) atoms. The SMILES string of the molecule is CCCCCc1ccc(CCCOP(=O)(O)OC[C@H]2O[C@@H](n3cc(F)c(=O)[nH]c3=O)C[C@@H]2O)cc1. The Morgan fingerprint density at radius 2 is 1.80 bits per heavy atom. The van der Waals surface area contributed by atoms with Gasteiger partial charge in [-0.2, -0.15) is 4.39 Å². The first kappa shape index (κ1) is 27.4. The second-order valence-electron chi connectivity index (χ2n) is 8.55. The Balaban J connectivity index is 1.40. The van der Waals surface area contributed by atoms with Crippen molar-refractivity contribution in [2.45, 2.75) is 70.3 Å². The van der Waals surface area contributed by atoms with Gasteiger partial charge in [0.05, 0.1) is 25.5 Å². The van der Waals surface area contributed by atoms with Crippen molar-refractivity contribution in [3.05, 3.63) is 68.2 Å². The zero-order chi connectivity index (χ0) is 25.4. The second kappa shape index (κ2) is 12.7. The molecule has 0 aliphatic carbocycles. The lowest BCUT2D eigenvalue weighted by atomic mass is 10.0. The van der Waals surface area contributed by atoms with Crippen LogP contribution in [0.25, 0.3) is 0 Å². The van der Waals surface area contributed by atoms with Gasteiger partial charge >= 0.3 is 13.5 Å². The van der Waals surface area contributed by atoms with Gasteiger partial charge in [-0.3, -0.25) is 23.4 Å². The van der Waals surface area contributed by atoms with Gasteiger partial charge in [0.1, 0.15) is 12.3 Å². The van der Waals surface area contributed by atoms with Gasteiger partial charge in [0.15, 0.2) is 0 Å². The zero-order valence-electron chi connectivity index (χ0n) is 19.6. The first-order valence-corrected chi connectivity index (χ1v) is 13.2. The molecule has 194 valence electrons. The lowest BCUT2D eigenvalue weighted by Gasteiger charge is -2.18. The summed E-state index contributed by atoms with van der Waals surface area (Å²) in [5.41, 5.74) is 0.324. The summed E-state index contributed by atoms with van der Waals surface area (Å²) in [6.45, 7) is 1.69. The minimum absolute atomic E-state index is 0.00518. The fourth-order valence-electron chi connectivity index (χ4n) is 3.82. The summed E-state index contributed by atoms with van der Waals surface area (Å²) in [7, 11) is -4.40. The Hall–Kier alpha value is -2.14. The van der Waals surface area contributed by atoms with Gasteiger partial charge < -0.3 is 14.7 Å². The number of hydrogen-bond donors (Lipinski definition) is 3. The summed E-state index contributed by atoms with van der Waals surface area (Å²) in [6, 6.07) is 8.29. The van der Waals surface area contributed by atoms with Crippen LogP contribution in [0.1, 0.15) is 56.4 Å². The molecule has 10 nitrogen and oxygen atoms in total. The number of nitrogens with one attached hydrogen (secondary N) is 1. The molecule has 1 saturated heterocycles. The number of aliphatic hydroxyl groups is 1. The molecule has 1 aromatic heterocycles. The molecule has 0 spiro atoms. The van der Waals surface area contributed by atoms with Gasteiger partial charge in [0.2, 0.25) is 5.82 Å². The van der Waals surface area contributed by atoms with E-state index in [1.165, 1.54) is 24.8 Å². The summed E-state index contributed by atoms with van der Waals surface area (Å²) in [4.78, 5) is 34.8. The number of aromatic amines is 1. The van der Waals surface area contributed by atoms with Crippen LogP contribution in [-0.4, -0.2) is 45.0 Å². The van der Waals surface area contributed by atoms with E-state index < -0.39 is 49.9 Å². The fourth-order valence-corrected chi connectivity index (χ4v) is 4.59. The first-order valence-electron chi connectivity index (χ1n) is 11.7. The molecular formula is C23H32FN2O8P. The number of ether oxygens (including phenoxy) is 1. The van der Waals surface area contributed by atoms with E-state index in [1.807, 2.05) is 12.1 Å². The third kappa shape index (κ3) is 8.20. The number of H-pyrrole nitrogens is 1. The number of benzene rings is 1. The van der Waals surface area contributed by atoms with Crippen molar-refractivity contribution in [3.8, 4) is 0 Å². The molecule has 1 aliphatic rings. The van der Waals surface area contributed by atoms with Crippen molar-refractivity contribution in [2.24, 2.45) is 0 Å². The number of nitrogens with zero attached hydrogens (tertiary/aromatic N) is 1. The molecule has 1 unspecified atom stereocenters. The standard InChI is InChI=1S/C23H32FN2O8P/c1-2-3-4-6-16-8-10-17(11-9-16)7-5-12-32-35(30,31)33-15-20-19(27)13-21(34-20)26-14-18(24)22(28)25-23(26)29/h8-11,14,19-21,27H,2-7,12-13,15H2,1H3,(H,30,31)(H,25,28,29)/t19-,20+,21+/m0/s1. The summed E-state index contributed by atoms with van der Waals surface area (Å²) >= 11 is 0. The molecule has 0 bridgehead atoms. The highest BCUT2D eigenvalue weighted by molar-refractivity contribution is 7.47. The molecule has 12 heteroatoms. The Morgan fingerprint density at radius 3 is 2.46 bits per heavy atom. The number of aromatic nitrogens is 2. The van der Waals surface area contributed by atoms with E-state index in [0.717, 1.165) is 16.6 Å². The predicted octanol–water partition coefficient (Wildman–Crippen LogP) is 2.82.